The zero-order valence-electron chi connectivity index (χ0n) is 7.70. The van der Waals surface area contributed by atoms with E-state index in [4.69, 9.17) is 21.8 Å². The summed E-state index contributed by atoms with van der Waals surface area (Å²) >= 11 is 5.87. The van der Waals surface area contributed by atoms with Gasteiger partial charge in [0, 0.05) is 5.02 Å². The second kappa shape index (κ2) is 6.09. The van der Waals surface area contributed by atoms with Crippen molar-refractivity contribution in [1.82, 2.24) is 5.32 Å². The number of aliphatic hydroxyl groups excluding tert-OH is 1. The van der Waals surface area contributed by atoms with Crippen molar-refractivity contribution in [3.8, 4) is 5.75 Å². The highest BCUT2D eigenvalue weighted by molar-refractivity contribution is 6.31. The van der Waals surface area contributed by atoms with Crippen molar-refractivity contribution < 1.29 is 10.2 Å². The molecule has 0 spiro atoms. The maximum atomic E-state index is 9.10. The maximum Gasteiger partial charge on any atom is 0.117 e. The molecule has 0 heterocycles. The summed E-state index contributed by atoms with van der Waals surface area (Å²) in [6, 6.07) is 4.50. The first-order valence-electron chi connectivity index (χ1n) is 3.95. The number of hydrogen-bond acceptors (Lipinski definition) is 3. The predicted molar refractivity (Wildman–Crippen MR) is 59.3 cm³/mol. The zero-order chi connectivity index (χ0) is 9.84. The van der Waals surface area contributed by atoms with Crippen LogP contribution in [0.25, 0.3) is 0 Å². The highest BCUT2D eigenvalue weighted by Gasteiger charge is 2.11. The number of aliphatic hydroxyl groups is 1. The fraction of sp³-hybridized carbons (Fsp3) is 0.333. The standard InChI is InChI=1S/C9H12ClNO2.ClH/c1-11-9(5-12)7-3-2-6(13)4-8(7)10;/h2-4,9,11-13H,5H2,1H3;1H/t9-;/m1./s1. The van der Waals surface area contributed by atoms with Gasteiger partial charge in [0.15, 0.2) is 0 Å². The molecule has 0 radical (unpaired) electrons. The molecule has 3 N–H and O–H groups in total. The number of phenolic OH excluding ortho intramolecular Hbond substituents is 1. The Morgan fingerprint density at radius 1 is 1.50 bits per heavy atom. The van der Waals surface area contributed by atoms with Gasteiger partial charge in [-0.2, -0.15) is 0 Å². The summed E-state index contributed by atoms with van der Waals surface area (Å²) < 4.78 is 0. The first kappa shape index (κ1) is 13.5. The van der Waals surface area contributed by atoms with Crippen LogP contribution in [0.1, 0.15) is 11.6 Å². The van der Waals surface area contributed by atoms with Gasteiger partial charge in [0.2, 0.25) is 0 Å². The van der Waals surface area contributed by atoms with E-state index in [0.717, 1.165) is 5.56 Å². The third-order valence-electron chi connectivity index (χ3n) is 1.89. The lowest BCUT2D eigenvalue weighted by atomic mass is 10.1. The van der Waals surface area contributed by atoms with Gasteiger partial charge in [-0.05, 0) is 24.7 Å². The Morgan fingerprint density at radius 3 is 2.57 bits per heavy atom. The van der Waals surface area contributed by atoms with Crippen LogP contribution < -0.4 is 5.32 Å². The largest absolute Gasteiger partial charge is 0.508 e. The van der Waals surface area contributed by atoms with Crippen LogP contribution in [0.2, 0.25) is 5.02 Å². The smallest absolute Gasteiger partial charge is 0.117 e. The molecule has 0 aromatic heterocycles. The second-order valence-electron chi connectivity index (χ2n) is 2.73. The number of phenols is 1. The molecule has 0 unspecified atom stereocenters. The normalized spacial score (nSPS) is 11.9. The Hall–Kier alpha value is -0.480. The summed E-state index contributed by atoms with van der Waals surface area (Å²) in [6.07, 6.45) is 0. The van der Waals surface area contributed by atoms with Gasteiger partial charge >= 0.3 is 0 Å². The summed E-state index contributed by atoms with van der Waals surface area (Å²) in [7, 11) is 1.74. The SMILES string of the molecule is CN[C@H](CO)c1ccc(O)cc1Cl.Cl. The average Bonchev–Trinajstić information content (AvgIpc) is 2.10. The summed E-state index contributed by atoms with van der Waals surface area (Å²) in [5.41, 5.74) is 0.782. The Balaban J connectivity index is 0.00000169. The van der Waals surface area contributed by atoms with Crippen LogP contribution in [0.15, 0.2) is 18.2 Å². The van der Waals surface area contributed by atoms with Gasteiger partial charge in [-0.1, -0.05) is 17.7 Å². The highest BCUT2D eigenvalue weighted by Crippen LogP contribution is 2.26. The molecular weight excluding hydrogens is 225 g/mol. The van der Waals surface area contributed by atoms with Crippen LogP contribution in [0.5, 0.6) is 5.75 Å². The monoisotopic (exact) mass is 237 g/mol. The summed E-state index contributed by atoms with van der Waals surface area (Å²) in [5, 5.41) is 21.5. The van der Waals surface area contributed by atoms with Crippen molar-refractivity contribution in [3.05, 3.63) is 28.8 Å². The molecule has 1 aromatic carbocycles. The van der Waals surface area contributed by atoms with E-state index in [9.17, 15) is 0 Å². The highest BCUT2D eigenvalue weighted by atomic mass is 35.5. The number of nitrogens with one attached hydrogen (secondary N) is 1. The number of hydrogen-bond donors (Lipinski definition) is 3. The van der Waals surface area contributed by atoms with Gasteiger partial charge in [0.1, 0.15) is 5.75 Å². The third kappa shape index (κ3) is 3.03. The molecule has 1 atom stereocenters. The van der Waals surface area contributed by atoms with E-state index < -0.39 is 0 Å². The molecule has 0 amide bonds. The van der Waals surface area contributed by atoms with Gasteiger partial charge in [0.25, 0.3) is 0 Å². The molecule has 80 valence electrons. The molecule has 0 aliphatic rings. The minimum Gasteiger partial charge on any atom is -0.508 e. The molecule has 0 aliphatic heterocycles. The number of benzene rings is 1. The fourth-order valence-corrected chi connectivity index (χ4v) is 1.45. The molecule has 0 saturated heterocycles. The Kier molecular flexibility index (Phi) is 5.88. The lowest BCUT2D eigenvalue weighted by Gasteiger charge is -2.14. The Bertz CT molecular complexity index is 290. The van der Waals surface area contributed by atoms with Crippen molar-refractivity contribution in [1.29, 1.82) is 0 Å². The fourth-order valence-electron chi connectivity index (χ4n) is 1.14. The van der Waals surface area contributed by atoms with Crippen molar-refractivity contribution >= 4 is 24.0 Å². The van der Waals surface area contributed by atoms with Crippen LogP contribution in [-0.4, -0.2) is 23.9 Å². The molecule has 5 heteroatoms. The average molecular weight is 238 g/mol. The van der Waals surface area contributed by atoms with Crippen LogP contribution in [0, 0.1) is 0 Å². The van der Waals surface area contributed by atoms with Crippen LogP contribution >= 0.6 is 24.0 Å². The van der Waals surface area contributed by atoms with E-state index in [1.165, 1.54) is 6.07 Å². The number of aromatic hydroxyl groups is 1. The van der Waals surface area contributed by atoms with Crippen LogP contribution in [0.4, 0.5) is 0 Å². The van der Waals surface area contributed by atoms with Gasteiger partial charge in [-0.25, -0.2) is 0 Å². The first-order chi connectivity index (χ1) is 6.19. The Morgan fingerprint density at radius 2 is 2.14 bits per heavy atom. The van der Waals surface area contributed by atoms with Crippen molar-refractivity contribution in [2.75, 3.05) is 13.7 Å². The van der Waals surface area contributed by atoms with E-state index in [-0.39, 0.29) is 30.8 Å². The molecule has 0 saturated carbocycles. The number of likely N-dealkylation sites (N-methyl/N-ethyl adjacent to an activating group) is 1. The van der Waals surface area contributed by atoms with Crippen molar-refractivity contribution in [3.63, 3.8) is 0 Å². The minimum atomic E-state index is -0.187. The van der Waals surface area contributed by atoms with Gasteiger partial charge in [0.05, 0.1) is 12.6 Å². The molecule has 0 fully saturated rings. The van der Waals surface area contributed by atoms with E-state index in [1.807, 2.05) is 0 Å². The number of rotatable bonds is 3. The van der Waals surface area contributed by atoms with Gasteiger partial charge in [-0.15, -0.1) is 12.4 Å². The molecule has 1 aromatic rings. The van der Waals surface area contributed by atoms with Crippen LogP contribution in [0.3, 0.4) is 0 Å². The quantitative estimate of drug-likeness (QED) is 0.751. The third-order valence-corrected chi connectivity index (χ3v) is 2.22. The zero-order valence-corrected chi connectivity index (χ0v) is 9.27. The van der Waals surface area contributed by atoms with E-state index >= 15 is 0 Å². The Labute approximate surface area is 94.1 Å². The molecule has 0 aliphatic carbocycles. The number of halogens is 2. The minimum absolute atomic E-state index is 0. The molecule has 3 nitrogen and oxygen atoms in total. The van der Waals surface area contributed by atoms with E-state index in [1.54, 1.807) is 19.2 Å². The lowest BCUT2D eigenvalue weighted by molar-refractivity contribution is 0.251. The summed E-state index contributed by atoms with van der Waals surface area (Å²) in [6.45, 7) is -0.0268. The topological polar surface area (TPSA) is 52.5 Å². The van der Waals surface area contributed by atoms with Gasteiger partial charge in [-0.3, -0.25) is 0 Å². The molecule has 14 heavy (non-hydrogen) atoms. The molecular formula is C9H13Cl2NO2. The molecule has 0 bridgehead atoms. The first-order valence-corrected chi connectivity index (χ1v) is 4.33. The summed E-state index contributed by atoms with van der Waals surface area (Å²) in [5.74, 6) is 0.126. The van der Waals surface area contributed by atoms with Crippen LogP contribution in [-0.2, 0) is 0 Å². The van der Waals surface area contributed by atoms with E-state index in [0.29, 0.717) is 5.02 Å². The summed E-state index contributed by atoms with van der Waals surface area (Å²) in [4.78, 5) is 0. The van der Waals surface area contributed by atoms with Gasteiger partial charge < -0.3 is 15.5 Å². The lowest BCUT2D eigenvalue weighted by Crippen LogP contribution is -2.20. The van der Waals surface area contributed by atoms with Crippen molar-refractivity contribution in [2.24, 2.45) is 0 Å². The predicted octanol–water partition coefficient (Wildman–Crippen LogP) is 1.72. The molecule has 1 rings (SSSR count). The van der Waals surface area contributed by atoms with Crippen molar-refractivity contribution in [2.45, 2.75) is 6.04 Å². The maximum absolute atomic E-state index is 9.10. The second-order valence-corrected chi connectivity index (χ2v) is 3.14. The van der Waals surface area contributed by atoms with E-state index in [2.05, 4.69) is 5.32 Å².